The Bertz CT molecular complexity index is 1500. The van der Waals surface area contributed by atoms with Gasteiger partial charge in [-0.05, 0) is 82.2 Å². The Morgan fingerprint density at radius 2 is 1.73 bits per heavy atom. The Morgan fingerprint density at radius 3 is 2.41 bits per heavy atom. The summed E-state index contributed by atoms with van der Waals surface area (Å²) in [4.78, 5) is 25.5. The largest absolute Gasteiger partial charge is 0.504 e. The van der Waals surface area contributed by atoms with E-state index in [1.54, 1.807) is 12.1 Å². The number of aliphatic hydroxyl groups is 4. The second-order valence-electron chi connectivity index (χ2n) is 12.9. The number of hydrogen-bond acceptors (Lipinski definition) is 12. The first-order valence-electron chi connectivity index (χ1n) is 16.5. The van der Waals surface area contributed by atoms with Crippen molar-refractivity contribution in [3.63, 3.8) is 0 Å². The third-order valence-corrected chi connectivity index (χ3v) is 8.67. The molecule has 0 radical (unpaired) electrons. The number of carbonyl (C=O) groups excluding carboxylic acids is 2. The first kappa shape index (κ1) is 37.9. The van der Waals surface area contributed by atoms with Crippen LogP contribution in [0.15, 0.2) is 59.7 Å². The van der Waals surface area contributed by atoms with E-state index >= 15 is 0 Å². The van der Waals surface area contributed by atoms with Crippen LogP contribution in [0.3, 0.4) is 0 Å². The minimum atomic E-state index is -1.66. The number of benzene rings is 2. The Kier molecular flexibility index (Phi) is 13.6. The number of methoxy groups -OCH3 is 1. The summed E-state index contributed by atoms with van der Waals surface area (Å²) in [5.41, 5.74) is 2.93. The van der Waals surface area contributed by atoms with Gasteiger partial charge in [0.25, 0.3) is 0 Å². The number of phenols is 1. The van der Waals surface area contributed by atoms with Crippen LogP contribution in [0.2, 0.25) is 0 Å². The van der Waals surface area contributed by atoms with Gasteiger partial charge in [-0.15, -0.1) is 0 Å². The third-order valence-electron chi connectivity index (χ3n) is 8.67. The van der Waals surface area contributed by atoms with Gasteiger partial charge in [-0.1, -0.05) is 29.4 Å². The van der Waals surface area contributed by atoms with Crippen LogP contribution in [0.1, 0.15) is 81.3 Å². The van der Waals surface area contributed by atoms with E-state index in [2.05, 4.69) is 6.08 Å². The summed E-state index contributed by atoms with van der Waals surface area (Å²) < 4.78 is 28.1. The summed E-state index contributed by atoms with van der Waals surface area (Å²) >= 11 is 0. The quantitative estimate of drug-likeness (QED) is 0.133. The Labute approximate surface area is 286 Å². The van der Waals surface area contributed by atoms with Crippen molar-refractivity contribution in [2.75, 3.05) is 20.3 Å². The van der Waals surface area contributed by atoms with Gasteiger partial charge in [-0.25, -0.2) is 0 Å². The van der Waals surface area contributed by atoms with Crippen molar-refractivity contribution in [3.8, 4) is 23.0 Å². The van der Waals surface area contributed by atoms with Crippen LogP contribution in [0.25, 0.3) is 0 Å². The molecular weight excluding hydrogens is 636 g/mol. The molecule has 5 N–H and O–H groups in total. The monoisotopic (exact) mass is 684 g/mol. The summed E-state index contributed by atoms with van der Waals surface area (Å²) in [7, 11) is 1.43. The van der Waals surface area contributed by atoms with Crippen molar-refractivity contribution in [3.05, 3.63) is 70.8 Å². The number of esters is 1. The van der Waals surface area contributed by atoms with Crippen molar-refractivity contribution in [2.45, 2.75) is 96.1 Å². The van der Waals surface area contributed by atoms with E-state index in [4.69, 9.17) is 23.7 Å². The van der Waals surface area contributed by atoms with E-state index < -0.39 is 49.4 Å². The van der Waals surface area contributed by atoms with Crippen LogP contribution in [0.5, 0.6) is 23.0 Å². The number of ether oxygens (including phenoxy) is 5. The molecule has 7 atom stereocenters. The number of allylic oxidation sites excluding steroid dienone is 3. The van der Waals surface area contributed by atoms with E-state index in [-0.39, 0.29) is 54.1 Å². The smallest absolute Gasteiger partial charge is 0.309 e. The summed E-state index contributed by atoms with van der Waals surface area (Å²) in [6, 6.07) is 9.18. The van der Waals surface area contributed by atoms with E-state index in [0.29, 0.717) is 17.5 Å². The molecule has 2 aliphatic rings. The molecule has 1 fully saturated rings. The Morgan fingerprint density at radius 1 is 1.00 bits per heavy atom. The number of phenolic OH excluding ortho intramolecular Hbond substituents is 1. The molecule has 12 heteroatoms. The number of aromatic hydroxyl groups is 1. The van der Waals surface area contributed by atoms with E-state index in [1.165, 1.54) is 36.9 Å². The zero-order chi connectivity index (χ0) is 35.7. The molecule has 12 nitrogen and oxygen atoms in total. The molecule has 1 saturated heterocycles. The van der Waals surface area contributed by atoms with Crippen molar-refractivity contribution in [1.82, 2.24) is 0 Å². The average molecular weight is 685 g/mol. The highest BCUT2D eigenvalue weighted by molar-refractivity contribution is 6.00. The van der Waals surface area contributed by atoms with Crippen LogP contribution in [-0.2, 0) is 14.3 Å². The highest BCUT2D eigenvalue weighted by atomic mass is 16.7. The number of aliphatic hydroxyl groups excluding tert-OH is 4. The number of rotatable bonds is 15. The first-order valence-corrected chi connectivity index (χ1v) is 16.5. The van der Waals surface area contributed by atoms with Gasteiger partial charge in [0.2, 0.25) is 6.29 Å². The molecule has 0 bridgehead atoms. The highest BCUT2D eigenvalue weighted by Crippen LogP contribution is 2.39. The lowest BCUT2D eigenvalue weighted by Gasteiger charge is -2.40. The van der Waals surface area contributed by atoms with Crippen LogP contribution >= 0.6 is 0 Å². The van der Waals surface area contributed by atoms with Crippen LogP contribution in [0.4, 0.5) is 0 Å². The molecule has 0 amide bonds. The lowest BCUT2D eigenvalue weighted by atomic mass is 9.96. The molecule has 2 aromatic rings. The van der Waals surface area contributed by atoms with Gasteiger partial charge in [0.1, 0.15) is 48.6 Å². The van der Waals surface area contributed by atoms with Gasteiger partial charge in [0, 0.05) is 12.7 Å². The summed E-state index contributed by atoms with van der Waals surface area (Å²) in [6.07, 6.45) is -0.751. The van der Waals surface area contributed by atoms with Gasteiger partial charge in [-0.2, -0.15) is 0 Å². The van der Waals surface area contributed by atoms with Crippen molar-refractivity contribution in [1.29, 1.82) is 0 Å². The number of hydrogen-bond donors (Lipinski definition) is 5. The normalized spacial score (nSPS) is 24.3. The van der Waals surface area contributed by atoms with Gasteiger partial charge in [0.15, 0.2) is 17.3 Å². The maximum absolute atomic E-state index is 12.9. The van der Waals surface area contributed by atoms with Crippen LogP contribution in [-0.4, -0.2) is 88.3 Å². The molecule has 0 saturated carbocycles. The third kappa shape index (κ3) is 10.3. The molecule has 2 heterocycles. The van der Waals surface area contributed by atoms with Crippen LogP contribution in [0, 0.1) is 5.92 Å². The molecule has 0 aromatic heterocycles. The predicted octanol–water partition coefficient (Wildman–Crippen LogP) is 4.31. The molecule has 268 valence electrons. The zero-order valence-electron chi connectivity index (χ0n) is 28.4. The highest BCUT2D eigenvalue weighted by Gasteiger charge is 2.45. The SMILES string of the molecule is COc1ccc(C2CC(=O)c3ccc(OC4OC(COC(=O)C/C(C)=C/CCC(CO)CCC=C(C)C)C(O)C(O)C4O)cc3O2)cc1O. The molecule has 49 heavy (non-hydrogen) atoms. The molecule has 0 spiro atoms. The minimum absolute atomic E-state index is 0.0143. The summed E-state index contributed by atoms with van der Waals surface area (Å²) in [5.74, 6) is -0.0119. The van der Waals surface area contributed by atoms with Crippen molar-refractivity contribution in [2.24, 2.45) is 5.92 Å². The van der Waals surface area contributed by atoms with Gasteiger partial charge in [-0.3, -0.25) is 9.59 Å². The van der Waals surface area contributed by atoms with Gasteiger partial charge in [0.05, 0.1) is 25.5 Å². The Hall–Kier alpha value is -3.94. The van der Waals surface area contributed by atoms with E-state index in [1.807, 2.05) is 26.8 Å². The van der Waals surface area contributed by atoms with Crippen LogP contribution < -0.4 is 14.2 Å². The van der Waals surface area contributed by atoms with Gasteiger partial charge < -0.3 is 49.2 Å². The zero-order valence-corrected chi connectivity index (χ0v) is 28.4. The number of fused-ring (bicyclic) bond motifs is 1. The molecule has 0 aliphatic carbocycles. The maximum Gasteiger partial charge on any atom is 0.309 e. The average Bonchev–Trinajstić information content (AvgIpc) is 3.06. The molecule has 4 rings (SSSR count). The fourth-order valence-corrected chi connectivity index (χ4v) is 5.78. The maximum atomic E-state index is 12.9. The second kappa shape index (κ2) is 17.6. The standard InChI is InChI=1S/C37H48O12/c1-21(2)7-5-9-23(19-38)10-6-8-22(3)15-33(41)46-20-32-34(42)35(43)36(44)37(49-32)47-25-12-13-26-27(39)18-30(48-31(26)17-25)24-11-14-29(45-4)28(40)16-24/h7-8,11-14,16-17,23,30,32,34-38,40,42-44H,5-6,9-10,15,18-20H2,1-4H3/b22-8+. The van der Waals surface area contributed by atoms with Crippen molar-refractivity contribution < 1.29 is 58.8 Å². The number of ketones is 1. The Balaban J connectivity index is 1.32. The summed E-state index contributed by atoms with van der Waals surface area (Å²) in [6.45, 7) is 5.61. The molecule has 2 aromatic carbocycles. The molecule has 7 unspecified atom stereocenters. The number of carbonyl (C=O) groups is 2. The van der Waals surface area contributed by atoms with E-state index in [9.17, 15) is 35.1 Å². The lowest BCUT2D eigenvalue weighted by Crippen LogP contribution is -2.60. The van der Waals surface area contributed by atoms with E-state index in [0.717, 1.165) is 24.8 Å². The predicted molar refractivity (Wildman–Crippen MR) is 179 cm³/mol. The fourth-order valence-electron chi connectivity index (χ4n) is 5.78. The minimum Gasteiger partial charge on any atom is -0.504 e. The second-order valence-corrected chi connectivity index (χ2v) is 12.9. The summed E-state index contributed by atoms with van der Waals surface area (Å²) in [5, 5.41) is 51.6. The number of Topliss-reactive ketones (excluding diaryl/α,β-unsaturated/α-hetero) is 1. The van der Waals surface area contributed by atoms with Crippen molar-refractivity contribution >= 4 is 11.8 Å². The molecular formula is C37H48O12. The molecule has 2 aliphatic heterocycles. The fraction of sp³-hybridized carbons (Fsp3) is 0.514. The lowest BCUT2D eigenvalue weighted by molar-refractivity contribution is -0.278. The topological polar surface area (TPSA) is 181 Å². The first-order chi connectivity index (χ1) is 23.4. The van der Waals surface area contributed by atoms with Gasteiger partial charge >= 0.3 is 5.97 Å².